The van der Waals surface area contributed by atoms with E-state index in [4.69, 9.17) is 4.74 Å². The zero-order valence-electron chi connectivity index (χ0n) is 12.5. The molecule has 0 amide bonds. The smallest absolute Gasteiger partial charge is 0.127 e. The third kappa shape index (κ3) is 2.21. The topological polar surface area (TPSA) is 29.5 Å². The highest BCUT2D eigenvalue weighted by atomic mass is 16.5. The van der Waals surface area contributed by atoms with Crippen LogP contribution in [0.2, 0.25) is 0 Å². The summed E-state index contributed by atoms with van der Waals surface area (Å²) in [5.74, 6) is 2.20. The van der Waals surface area contributed by atoms with Crippen molar-refractivity contribution in [3.63, 3.8) is 0 Å². The van der Waals surface area contributed by atoms with Gasteiger partial charge in [0.25, 0.3) is 0 Å². The monoisotopic (exact) mass is 272 g/mol. The number of fused-ring (bicyclic) bond motifs is 4. The Bertz CT molecular complexity index is 532. The lowest BCUT2D eigenvalue weighted by Crippen LogP contribution is -2.35. The Kier molecular flexibility index (Phi) is 3.49. The molecule has 3 unspecified atom stereocenters. The van der Waals surface area contributed by atoms with Crippen LogP contribution < -0.4 is 4.74 Å². The molecule has 2 heteroatoms. The van der Waals surface area contributed by atoms with Crippen LogP contribution in [0.3, 0.4) is 0 Å². The molecule has 1 saturated carbocycles. The van der Waals surface area contributed by atoms with E-state index >= 15 is 0 Å². The zero-order valence-corrected chi connectivity index (χ0v) is 12.5. The fourth-order valence-electron chi connectivity index (χ4n) is 3.90. The van der Waals surface area contributed by atoms with Crippen LogP contribution >= 0.6 is 0 Å². The maximum atomic E-state index is 10.5. The highest BCUT2D eigenvalue weighted by Gasteiger charge is 2.40. The molecular formula is C18H24O2. The SMILES string of the molecule is C=C(C)C1CCC2CC1c1c(O)cc(CCC)cc1O2. The second kappa shape index (κ2) is 5.16. The Hall–Kier alpha value is -1.44. The normalized spacial score (nSPS) is 27.6. The molecule has 20 heavy (non-hydrogen) atoms. The van der Waals surface area contributed by atoms with E-state index in [-0.39, 0.29) is 0 Å². The van der Waals surface area contributed by atoms with Gasteiger partial charge in [-0.2, -0.15) is 0 Å². The molecule has 3 atom stereocenters. The molecule has 1 fully saturated rings. The molecule has 1 aliphatic heterocycles. The second-order valence-corrected chi connectivity index (χ2v) is 6.39. The van der Waals surface area contributed by atoms with Gasteiger partial charge < -0.3 is 9.84 Å². The Morgan fingerprint density at radius 2 is 2.20 bits per heavy atom. The number of aryl methyl sites for hydroxylation is 1. The lowest BCUT2D eigenvalue weighted by atomic mass is 9.69. The number of hydrogen-bond donors (Lipinski definition) is 1. The van der Waals surface area contributed by atoms with Crippen molar-refractivity contribution in [1.82, 2.24) is 0 Å². The van der Waals surface area contributed by atoms with Gasteiger partial charge in [-0.1, -0.05) is 25.5 Å². The number of aromatic hydroxyl groups is 1. The Balaban J connectivity index is 2.04. The second-order valence-electron chi connectivity index (χ2n) is 6.39. The maximum Gasteiger partial charge on any atom is 0.127 e. The third-order valence-corrected chi connectivity index (χ3v) is 4.82. The number of ether oxygens (including phenoxy) is 1. The van der Waals surface area contributed by atoms with E-state index in [1.54, 1.807) is 0 Å². The van der Waals surface area contributed by atoms with Gasteiger partial charge in [-0.25, -0.2) is 0 Å². The Labute approximate surface area is 121 Å². The molecule has 1 heterocycles. The van der Waals surface area contributed by atoms with Crippen molar-refractivity contribution < 1.29 is 9.84 Å². The van der Waals surface area contributed by atoms with E-state index in [9.17, 15) is 5.11 Å². The first-order valence-corrected chi connectivity index (χ1v) is 7.78. The van der Waals surface area contributed by atoms with Gasteiger partial charge in [-0.15, -0.1) is 0 Å². The molecule has 1 aliphatic carbocycles. The molecule has 3 rings (SSSR count). The van der Waals surface area contributed by atoms with Crippen molar-refractivity contribution >= 4 is 0 Å². The van der Waals surface area contributed by atoms with Crippen LogP contribution in [0.4, 0.5) is 0 Å². The van der Waals surface area contributed by atoms with Crippen LogP contribution in [0.1, 0.15) is 56.6 Å². The fourth-order valence-corrected chi connectivity index (χ4v) is 3.90. The molecular weight excluding hydrogens is 248 g/mol. The quantitative estimate of drug-likeness (QED) is 0.817. The highest BCUT2D eigenvalue weighted by Crippen LogP contribution is 2.52. The number of hydrogen-bond acceptors (Lipinski definition) is 2. The van der Waals surface area contributed by atoms with Gasteiger partial charge in [-0.3, -0.25) is 0 Å². The van der Waals surface area contributed by atoms with Crippen molar-refractivity contribution in [2.45, 2.75) is 58.0 Å². The number of benzene rings is 1. The number of rotatable bonds is 3. The van der Waals surface area contributed by atoms with Crippen LogP contribution in [-0.2, 0) is 6.42 Å². The highest BCUT2D eigenvalue weighted by molar-refractivity contribution is 5.52. The van der Waals surface area contributed by atoms with E-state index in [0.717, 1.165) is 43.4 Å². The first kappa shape index (κ1) is 13.5. The van der Waals surface area contributed by atoms with Crippen LogP contribution in [0.25, 0.3) is 0 Å². The van der Waals surface area contributed by atoms with E-state index < -0.39 is 0 Å². The first-order valence-electron chi connectivity index (χ1n) is 7.78. The van der Waals surface area contributed by atoms with Gasteiger partial charge in [0.05, 0.1) is 6.10 Å². The standard InChI is InChI=1S/C18H24O2/c1-4-5-12-8-16(19)18-15-10-13(20-17(18)9-12)6-7-14(15)11(2)3/h8-9,13-15,19H,2,4-7,10H2,1,3H3. The molecule has 2 aliphatic rings. The average Bonchev–Trinajstić information content (AvgIpc) is 2.38. The lowest BCUT2D eigenvalue weighted by Gasteiger charge is -2.42. The van der Waals surface area contributed by atoms with Crippen molar-refractivity contribution in [2.75, 3.05) is 0 Å². The fraction of sp³-hybridized carbons (Fsp3) is 0.556. The summed E-state index contributed by atoms with van der Waals surface area (Å²) in [6.45, 7) is 8.42. The summed E-state index contributed by atoms with van der Waals surface area (Å²) in [4.78, 5) is 0. The van der Waals surface area contributed by atoms with Gasteiger partial charge in [0.2, 0.25) is 0 Å². The van der Waals surface area contributed by atoms with Gasteiger partial charge in [0.15, 0.2) is 0 Å². The predicted octanol–water partition coefficient (Wildman–Crippen LogP) is 4.57. The average molecular weight is 272 g/mol. The number of phenolic OH excluding ortho intramolecular Hbond substituents is 1. The molecule has 1 aromatic carbocycles. The van der Waals surface area contributed by atoms with E-state index in [2.05, 4.69) is 26.5 Å². The predicted molar refractivity (Wildman–Crippen MR) is 81.4 cm³/mol. The molecule has 0 spiro atoms. The van der Waals surface area contributed by atoms with Gasteiger partial charge in [0.1, 0.15) is 11.5 Å². The van der Waals surface area contributed by atoms with Gasteiger partial charge in [0, 0.05) is 11.5 Å². The summed E-state index contributed by atoms with van der Waals surface area (Å²) < 4.78 is 6.11. The Morgan fingerprint density at radius 1 is 1.40 bits per heavy atom. The summed E-state index contributed by atoms with van der Waals surface area (Å²) in [7, 11) is 0. The molecule has 1 N–H and O–H groups in total. The minimum Gasteiger partial charge on any atom is -0.508 e. The molecule has 0 saturated heterocycles. The minimum absolute atomic E-state index is 0.319. The lowest BCUT2D eigenvalue weighted by molar-refractivity contribution is 0.0972. The third-order valence-electron chi connectivity index (χ3n) is 4.82. The van der Waals surface area contributed by atoms with Crippen LogP contribution in [0.15, 0.2) is 24.3 Å². The largest absolute Gasteiger partial charge is 0.508 e. The van der Waals surface area contributed by atoms with Crippen molar-refractivity contribution in [1.29, 1.82) is 0 Å². The van der Waals surface area contributed by atoms with E-state index in [1.807, 2.05) is 6.07 Å². The summed E-state index contributed by atoms with van der Waals surface area (Å²) >= 11 is 0. The van der Waals surface area contributed by atoms with Crippen LogP contribution in [-0.4, -0.2) is 11.2 Å². The maximum absolute atomic E-state index is 10.5. The van der Waals surface area contributed by atoms with Crippen LogP contribution in [0.5, 0.6) is 11.5 Å². The van der Waals surface area contributed by atoms with Crippen molar-refractivity contribution in [3.8, 4) is 11.5 Å². The Morgan fingerprint density at radius 3 is 2.90 bits per heavy atom. The number of phenols is 1. The zero-order chi connectivity index (χ0) is 14.3. The van der Waals surface area contributed by atoms with E-state index in [1.165, 1.54) is 11.1 Å². The van der Waals surface area contributed by atoms with Gasteiger partial charge >= 0.3 is 0 Å². The van der Waals surface area contributed by atoms with Crippen molar-refractivity contribution in [2.24, 2.45) is 5.92 Å². The molecule has 2 nitrogen and oxygen atoms in total. The number of allylic oxidation sites excluding steroid dienone is 1. The van der Waals surface area contributed by atoms with E-state index in [0.29, 0.717) is 23.7 Å². The molecule has 0 aromatic heterocycles. The molecule has 0 radical (unpaired) electrons. The molecule has 108 valence electrons. The van der Waals surface area contributed by atoms with Crippen molar-refractivity contribution in [3.05, 3.63) is 35.4 Å². The van der Waals surface area contributed by atoms with Crippen LogP contribution in [0, 0.1) is 5.92 Å². The summed E-state index contributed by atoms with van der Waals surface area (Å²) in [5.41, 5.74) is 3.43. The molecule has 1 aromatic rings. The minimum atomic E-state index is 0.319. The summed E-state index contributed by atoms with van der Waals surface area (Å²) in [6, 6.07) is 4.06. The molecule has 2 bridgehead atoms. The van der Waals surface area contributed by atoms with Gasteiger partial charge in [-0.05, 0) is 56.2 Å². The summed E-state index contributed by atoms with van der Waals surface area (Å²) in [5, 5.41) is 10.5. The summed E-state index contributed by atoms with van der Waals surface area (Å²) in [6.07, 6.45) is 5.64. The first-order chi connectivity index (χ1) is 9.60.